The summed E-state index contributed by atoms with van der Waals surface area (Å²) in [6.07, 6.45) is 2.51. The van der Waals surface area contributed by atoms with Crippen molar-refractivity contribution in [2.45, 2.75) is 50.2 Å². The van der Waals surface area contributed by atoms with Crippen LogP contribution in [0, 0.1) is 0 Å². The van der Waals surface area contributed by atoms with Crippen molar-refractivity contribution in [1.82, 2.24) is 16.0 Å². The highest BCUT2D eigenvalue weighted by Crippen LogP contribution is 2.20. The minimum atomic E-state index is -0.438. The fourth-order valence-electron chi connectivity index (χ4n) is 2.94. The quantitative estimate of drug-likeness (QED) is 0.423. The highest BCUT2D eigenvalue weighted by molar-refractivity contribution is 8.00. The average molecular weight is 420 g/mol. The summed E-state index contributed by atoms with van der Waals surface area (Å²) < 4.78 is 0. The molecule has 0 radical (unpaired) electrons. The fraction of sp³-hybridized carbons (Fsp3) is 0.474. The summed E-state index contributed by atoms with van der Waals surface area (Å²) in [6, 6.07) is 6.89. The monoisotopic (exact) mass is 419 g/mol. The molecule has 0 bridgehead atoms. The fourth-order valence-corrected chi connectivity index (χ4v) is 3.83. The molecular formula is C19H25N5O4S. The van der Waals surface area contributed by atoms with Crippen molar-refractivity contribution < 1.29 is 19.2 Å². The zero-order valence-electron chi connectivity index (χ0n) is 16.1. The van der Waals surface area contributed by atoms with Gasteiger partial charge in [-0.3, -0.25) is 24.5 Å². The SMILES string of the molecule is CC(=O)Nc1cccc(NC(=O)CSC2NC(=O)CC(CC(=O)NC3CC3)N2)c1. The van der Waals surface area contributed by atoms with Crippen molar-refractivity contribution in [3.63, 3.8) is 0 Å². The predicted octanol–water partition coefficient (Wildman–Crippen LogP) is 0.747. The molecule has 0 aromatic heterocycles. The summed E-state index contributed by atoms with van der Waals surface area (Å²) in [5.41, 5.74) is 0.722. The lowest BCUT2D eigenvalue weighted by Crippen LogP contribution is -2.56. The third kappa shape index (κ3) is 7.39. The first-order valence-electron chi connectivity index (χ1n) is 9.51. The molecule has 1 aromatic carbocycles. The van der Waals surface area contributed by atoms with Crippen LogP contribution in [-0.2, 0) is 19.2 Å². The Bertz CT molecular complexity index is 799. The van der Waals surface area contributed by atoms with E-state index in [0.29, 0.717) is 11.4 Å². The molecule has 2 aliphatic rings. The van der Waals surface area contributed by atoms with Gasteiger partial charge in [0.2, 0.25) is 23.6 Å². The number of nitrogens with one attached hydrogen (secondary N) is 5. The van der Waals surface area contributed by atoms with Crippen molar-refractivity contribution >= 4 is 46.8 Å². The van der Waals surface area contributed by atoms with Crippen LogP contribution in [0.5, 0.6) is 0 Å². The van der Waals surface area contributed by atoms with E-state index in [1.165, 1.54) is 18.7 Å². The Kier molecular flexibility index (Phi) is 7.10. The van der Waals surface area contributed by atoms with Crippen LogP contribution in [-0.4, -0.2) is 47.0 Å². The van der Waals surface area contributed by atoms with Gasteiger partial charge in [-0.2, -0.15) is 0 Å². The lowest BCUT2D eigenvalue weighted by Gasteiger charge is -2.30. The number of hydrogen-bond donors (Lipinski definition) is 5. The predicted molar refractivity (Wildman–Crippen MR) is 111 cm³/mol. The van der Waals surface area contributed by atoms with Gasteiger partial charge in [0, 0.05) is 43.2 Å². The zero-order chi connectivity index (χ0) is 20.8. The van der Waals surface area contributed by atoms with Crippen molar-refractivity contribution in [2.24, 2.45) is 0 Å². The molecule has 3 rings (SSSR count). The highest BCUT2D eigenvalue weighted by Gasteiger charge is 2.30. The van der Waals surface area contributed by atoms with Crippen LogP contribution in [0.25, 0.3) is 0 Å². The van der Waals surface area contributed by atoms with Crippen LogP contribution < -0.4 is 26.6 Å². The van der Waals surface area contributed by atoms with E-state index in [2.05, 4.69) is 26.6 Å². The Morgan fingerprint density at radius 3 is 2.55 bits per heavy atom. The first-order valence-corrected chi connectivity index (χ1v) is 10.6. The maximum Gasteiger partial charge on any atom is 0.234 e. The number of hydrogen-bond acceptors (Lipinski definition) is 6. The third-order valence-corrected chi connectivity index (χ3v) is 5.35. The molecule has 29 heavy (non-hydrogen) atoms. The molecule has 1 aliphatic heterocycles. The van der Waals surface area contributed by atoms with E-state index in [-0.39, 0.29) is 54.3 Å². The molecule has 1 heterocycles. The molecule has 1 aromatic rings. The Balaban J connectivity index is 1.44. The van der Waals surface area contributed by atoms with Gasteiger partial charge in [-0.05, 0) is 31.0 Å². The van der Waals surface area contributed by atoms with Gasteiger partial charge < -0.3 is 21.3 Å². The van der Waals surface area contributed by atoms with E-state index in [0.717, 1.165) is 12.8 Å². The minimum Gasteiger partial charge on any atom is -0.353 e. The van der Waals surface area contributed by atoms with E-state index >= 15 is 0 Å². The lowest BCUT2D eigenvalue weighted by molar-refractivity contribution is -0.125. The molecule has 5 N–H and O–H groups in total. The normalized spacial score (nSPS) is 21.1. The second-order valence-corrected chi connectivity index (χ2v) is 8.28. The summed E-state index contributed by atoms with van der Waals surface area (Å²) in [5.74, 6) is -0.513. The molecule has 156 valence electrons. The number of anilines is 2. The third-order valence-electron chi connectivity index (χ3n) is 4.33. The summed E-state index contributed by atoms with van der Waals surface area (Å²) in [7, 11) is 0. The van der Waals surface area contributed by atoms with Crippen molar-refractivity contribution in [1.29, 1.82) is 0 Å². The smallest absolute Gasteiger partial charge is 0.234 e. The molecule has 1 saturated carbocycles. The topological polar surface area (TPSA) is 128 Å². The molecule has 0 spiro atoms. The molecule has 10 heteroatoms. The van der Waals surface area contributed by atoms with Gasteiger partial charge >= 0.3 is 0 Å². The molecule has 4 amide bonds. The van der Waals surface area contributed by atoms with Crippen molar-refractivity contribution in [3.8, 4) is 0 Å². The van der Waals surface area contributed by atoms with Crippen LogP contribution in [0.2, 0.25) is 0 Å². The van der Waals surface area contributed by atoms with E-state index in [1.54, 1.807) is 24.3 Å². The minimum absolute atomic E-state index is 0.0553. The van der Waals surface area contributed by atoms with Crippen LogP contribution in [0.1, 0.15) is 32.6 Å². The first-order chi connectivity index (χ1) is 13.9. The number of amides is 4. The van der Waals surface area contributed by atoms with Crippen molar-refractivity contribution in [2.75, 3.05) is 16.4 Å². The van der Waals surface area contributed by atoms with Gasteiger partial charge in [-0.15, -0.1) is 11.8 Å². The van der Waals surface area contributed by atoms with Crippen molar-refractivity contribution in [3.05, 3.63) is 24.3 Å². The molecule has 1 aliphatic carbocycles. The number of carbonyl (C=O) groups is 4. The molecule has 1 saturated heterocycles. The maximum atomic E-state index is 12.2. The number of rotatable bonds is 8. The Labute approximate surface area is 173 Å². The van der Waals surface area contributed by atoms with Gasteiger partial charge in [0.1, 0.15) is 5.50 Å². The summed E-state index contributed by atoms with van der Waals surface area (Å²) in [5, 5.41) is 14.3. The first kappa shape index (κ1) is 21.1. The number of thioether (sulfide) groups is 1. The highest BCUT2D eigenvalue weighted by atomic mass is 32.2. The summed E-state index contributed by atoms with van der Waals surface area (Å²) >= 11 is 1.24. The molecule has 2 atom stereocenters. The Hall–Kier alpha value is -2.59. The molecular weight excluding hydrogens is 394 g/mol. The van der Waals surface area contributed by atoms with E-state index in [1.807, 2.05) is 0 Å². The zero-order valence-corrected chi connectivity index (χ0v) is 16.9. The second kappa shape index (κ2) is 9.75. The van der Waals surface area contributed by atoms with Gasteiger partial charge in [-0.25, -0.2) is 0 Å². The van der Waals surface area contributed by atoms with Crippen LogP contribution in [0.4, 0.5) is 11.4 Å². The summed E-state index contributed by atoms with van der Waals surface area (Å²) in [4.78, 5) is 47.3. The summed E-state index contributed by atoms with van der Waals surface area (Å²) in [6.45, 7) is 1.41. The molecule has 9 nitrogen and oxygen atoms in total. The van der Waals surface area contributed by atoms with Gasteiger partial charge in [0.05, 0.1) is 5.75 Å². The number of carbonyl (C=O) groups excluding carboxylic acids is 4. The van der Waals surface area contributed by atoms with Gasteiger partial charge in [-0.1, -0.05) is 6.07 Å². The maximum absolute atomic E-state index is 12.2. The van der Waals surface area contributed by atoms with Crippen LogP contribution in [0.3, 0.4) is 0 Å². The Morgan fingerprint density at radius 1 is 1.14 bits per heavy atom. The molecule has 2 unspecified atom stereocenters. The number of benzene rings is 1. The average Bonchev–Trinajstić information content (AvgIpc) is 3.43. The second-order valence-electron chi connectivity index (χ2n) is 7.18. The van der Waals surface area contributed by atoms with Gasteiger partial charge in [0.25, 0.3) is 0 Å². The van der Waals surface area contributed by atoms with E-state index in [4.69, 9.17) is 0 Å². The van der Waals surface area contributed by atoms with Gasteiger partial charge in [0.15, 0.2) is 0 Å². The molecule has 2 fully saturated rings. The van der Waals surface area contributed by atoms with E-state index < -0.39 is 5.50 Å². The van der Waals surface area contributed by atoms with Crippen LogP contribution in [0.15, 0.2) is 24.3 Å². The van der Waals surface area contributed by atoms with E-state index in [9.17, 15) is 19.2 Å². The lowest BCUT2D eigenvalue weighted by atomic mass is 10.1. The standard InChI is InChI=1S/C19H25N5O4S/c1-11(25)20-13-3-2-4-14(7-13)22-18(28)10-29-19-23-15(9-17(27)24-19)8-16(26)21-12-5-6-12/h2-4,7,12,15,19,23H,5-6,8-10H2,1H3,(H,20,25)(H,21,26)(H,22,28)(H,24,27). The van der Waals surface area contributed by atoms with Crippen LogP contribution >= 0.6 is 11.8 Å². The Morgan fingerprint density at radius 2 is 1.86 bits per heavy atom. The largest absolute Gasteiger partial charge is 0.353 e.